The molecule has 0 aliphatic heterocycles. The van der Waals surface area contributed by atoms with Crippen molar-refractivity contribution in [2.75, 3.05) is 13.7 Å². The summed E-state index contributed by atoms with van der Waals surface area (Å²) in [4.78, 5) is 22.6. The second-order valence-corrected chi connectivity index (χ2v) is 3.35. The van der Waals surface area contributed by atoms with Crippen molar-refractivity contribution in [3.05, 3.63) is 35.9 Å². The van der Waals surface area contributed by atoms with Crippen LogP contribution in [0, 0.1) is 5.92 Å². The van der Waals surface area contributed by atoms with E-state index in [1.54, 1.807) is 12.1 Å². The topological polar surface area (TPSA) is 72.8 Å². The second-order valence-electron chi connectivity index (χ2n) is 3.35. The van der Waals surface area contributed by atoms with E-state index in [2.05, 4.69) is 4.74 Å². The average molecular weight is 238 g/mol. The van der Waals surface area contributed by atoms with Crippen molar-refractivity contribution in [1.82, 2.24) is 0 Å². The maximum atomic E-state index is 11.5. The number of aliphatic hydroxyl groups is 1. The molecule has 0 heterocycles. The van der Waals surface area contributed by atoms with Gasteiger partial charge in [-0.3, -0.25) is 9.59 Å². The predicted octanol–water partition coefficient (Wildman–Crippen LogP) is 0.511. The first-order valence-corrected chi connectivity index (χ1v) is 5.08. The number of carbonyl (C=O) groups excluding carboxylic acids is 2. The molecule has 0 spiro atoms. The molecule has 0 fully saturated rings. The molecule has 5 heteroatoms. The van der Waals surface area contributed by atoms with E-state index < -0.39 is 24.5 Å². The fourth-order valence-electron chi connectivity index (χ4n) is 1.22. The monoisotopic (exact) mass is 238 g/mol. The highest BCUT2D eigenvalue weighted by molar-refractivity contribution is 5.94. The molecule has 0 aromatic heterocycles. The number of benzene rings is 1. The molecule has 17 heavy (non-hydrogen) atoms. The third-order valence-electron chi connectivity index (χ3n) is 2.18. The first-order chi connectivity index (χ1) is 8.19. The Kier molecular flexibility index (Phi) is 5.16. The number of carbonyl (C=O) groups is 2. The van der Waals surface area contributed by atoms with Gasteiger partial charge in [0.25, 0.3) is 0 Å². The summed E-state index contributed by atoms with van der Waals surface area (Å²) in [6.07, 6.45) is 0. The van der Waals surface area contributed by atoms with Crippen LogP contribution in [-0.2, 0) is 25.7 Å². The average Bonchev–Trinajstić information content (AvgIpc) is 2.38. The molecule has 5 nitrogen and oxygen atoms in total. The number of hydrogen-bond acceptors (Lipinski definition) is 5. The normalized spacial score (nSPS) is 11.6. The van der Waals surface area contributed by atoms with Gasteiger partial charge in [0.2, 0.25) is 0 Å². The lowest BCUT2D eigenvalue weighted by Gasteiger charge is -2.11. The van der Waals surface area contributed by atoms with E-state index in [0.717, 1.165) is 12.7 Å². The first-order valence-electron chi connectivity index (χ1n) is 5.08. The van der Waals surface area contributed by atoms with Gasteiger partial charge in [-0.1, -0.05) is 30.3 Å². The molecule has 0 aliphatic carbocycles. The molecule has 0 saturated carbocycles. The lowest BCUT2D eigenvalue weighted by molar-refractivity contribution is -0.163. The molecule has 0 aliphatic rings. The van der Waals surface area contributed by atoms with Gasteiger partial charge < -0.3 is 14.6 Å². The van der Waals surface area contributed by atoms with Crippen molar-refractivity contribution in [2.24, 2.45) is 5.92 Å². The number of esters is 2. The summed E-state index contributed by atoms with van der Waals surface area (Å²) in [5.41, 5.74) is 0.808. The van der Waals surface area contributed by atoms with Crippen LogP contribution in [0.5, 0.6) is 0 Å². The van der Waals surface area contributed by atoms with E-state index in [1.807, 2.05) is 18.2 Å². The zero-order chi connectivity index (χ0) is 12.7. The maximum absolute atomic E-state index is 11.5. The summed E-state index contributed by atoms with van der Waals surface area (Å²) in [5, 5.41) is 8.89. The summed E-state index contributed by atoms with van der Waals surface area (Å²) < 4.78 is 9.28. The Hall–Kier alpha value is -1.88. The van der Waals surface area contributed by atoms with Gasteiger partial charge >= 0.3 is 11.9 Å². The minimum atomic E-state index is -1.27. The van der Waals surface area contributed by atoms with E-state index in [-0.39, 0.29) is 6.61 Å². The summed E-state index contributed by atoms with van der Waals surface area (Å²) in [5.74, 6) is -2.86. The maximum Gasteiger partial charge on any atom is 0.323 e. The van der Waals surface area contributed by atoms with E-state index in [1.165, 1.54) is 0 Å². The van der Waals surface area contributed by atoms with E-state index >= 15 is 0 Å². The van der Waals surface area contributed by atoms with Crippen molar-refractivity contribution in [2.45, 2.75) is 6.61 Å². The summed E-state index contributed by atoms with van der Waals surface area (Å²) in [6, 6.07) is 9.05. The zero-order valence-electron chi connectivity index (χ0n) is 9.46. The Bertz CT molecular complexity index is 374. The number of aliphatic hydroxyl groups excluding tert-OH is 1. The van der Waals surface area contributed by atoms with Crippen LogP contribution in [-0.4, -0.2) is 30.8 Å². The van der Waals surface area contributed by atoms with Gasteiger partial charge in [0.1, 0.15) is 6.61 Å². The van der Waals surface area contributed by atoms with Crippen molar-refractivity contribution in [3.8, 4) is 0 Å². The van der Waals surface area contributed by atoms with Crippen molar-refractivity contribution >= 4 is 11.9 Å². The van der Waals surface area contributed by atoms with E-state index in [4.69, 9.17) is 9.84 Å². The number of methoxy groups -OCH3 is 1. The number of rotatable bonds is 5. The van der Waals surface area contributed by atoms with Crippen molar-refractivity contribution in [3.63, 3.8) is 0 Å². The summed E-state index contributed by atoms with van der Waals surface area (Å²) in [6.45, 7) is -0.562. The van der Waals surface area contributed by atoms with Gasteiger partial charge in [-0.25, -0.2) is 0 Å². The van der Waals surface area contributed by atoms with Crippen LogP contribution in [0.1, 0.15) is 5.56 Å². The minimum Gasteiger partial charge on any atom is -0.468 e. The van der Waals surface area contributed by atoms with E-state index in [9.17, 15) is 9.59 Å². The molecular weight excluding hydrogens is 224 g/mol. The van der Waals surface area contributed by atoms with E-state index in [0.29, 0.717) is 0 Å². The third kappa shape index (κ3) is 3.88. The zero-order valence-corrected chi connectivity index (χ0v) is 9.46. The fourth-order valence-corrected chi connectivity index (χ4v) is 1.22. The Morgan fingerprint density at radius 2 is 1.88 bits per heavy atom. The highest BCUT2D eigenvalue weighted by Gasteiger charge is 2.28. The molecule has 1 rings (SSSR count). The molecule has 1 atom stereocenters. The van der Waals surface area contributed by atoms with Gasteiger partial charge in [0, 0.05) is 0 Å². The highest BCUT2D eigenvalue weighted by Crippen LogP contribution is 2.06. The second kappa shape index (κ2) is 6.65. The molecule has 1 aromatic rings. The minimum absolute atomic E-state index is 0.0627. The predicted molar refractivity (Wildman–Crippen MR) is 58.8 cm³/mol. The Morgan fingerprint density at radius 3 is 2.41 bits per heavy atom. The van der Waals surface area contributed by atoms with Crippen LogP contribution in [0.15, 0.2) is 30.3 Å². The molecule has 0 bridgehead atoms. The molecule has 92 valence electrons. The lowest BCUT2D eigenvalue weighted by Crippen LogP contribution is -2.30. The lowest BCUT2D eigenvalue weighted by atomic mass is 10.1. The smallest absolute Gasteiger partial charge is 0.323 e. The molecule has 0 saturated heterocycles. The van der Waals surface area contributed by atoms with Crippen LogP contribution in [0.25, 0.3) is 0 Å². The molecule has 0 unspecified atom stereocenters. The van der Waals surface area contributed by atoms with Gasteiger partial charge in [0.15, 0.2) is 5.92 Å². The molecule has 0 radical (unpaired) electrons. The SMILES string of the molecule is COC(=O)[C@@H](CO)C(=O)OCc1ccccc1. The molecule has 0 amide bonds. The molecule has 1 N–H and O–H groups in total. The Morgan fingerprint density at radius 1 is 1.24 bits per heavy atom. The number of hydrogen-bond donors (Lipinski definition) is 1. The Labute approximate surface area is 99.0 Å². The third-order valence-corrected chi connectivity index (χ3v) is 2.18. The first kappa shape index (κ1) is 13.2. The number of ether oxygens (including phenoxy) is 2. The standard InChI is InChI=1S/C12H14O5/c1-16-11(14)10(7-13)12(15)17-8-9-5-3-2-4-6-9/h2-6,10,13H,7-8H2,1H3/t10-/m1/s1. The molecule has 1 aromatic carbocycles. The van der Waals surface area contributed by atoms with Gasteiger partial charge in [0.05, 0.1) is 13.7 Å². The fraction of sp³-hybridized carbons (Fsp3) is 0.333. The van der Waals surface area contributed by atoms with Gasteiger partial charge in [-0.15, -0.1) is 0 Å². The van der Waals surface area contributed by atoms with Crippen LogP contribution >= 0.6 is 0 Å². The quantitative estimate of drug-likeness (QED) is 0.597. The summed E-state index contributed by atoms with van der Waals surface area (Å²) in [7, 11) is 1.15. The summed E-state index contributed by atoms with van der Waals surface area (Å²) >= 11 is 0. The van der Waals surface area contributed by atoms with Crippen LogP contribution in [0.4, 0.5) is 0 Å². The van der Waals surface area contributed by atoms with Crippen molar-refractivity contribution < 1.29 is 24.2 Å². The van der Waals surface area contributed by atoms with Gasteiger partial charge in [-0.05, 0) is 5.56 Å². The largest absolute Gasteiger partial charge is 0.468 e. The highest BCUT2D eigenvalue weighted by atomic mass is 16.5. The molecular formula is C12H14O5. The van der Waals surface area contributed by atoms with Crippen LogP contribution in [0.2, 0.25) is 0 Å². The van der Waals surface area contributed by atoms with Crippen LogP contribution < -0.4 is 0 Å². The van der Waals surface area contributed by atoms with Gasteiger partial charge in [-0.2, -0.15) is 0 Å². The Balaban J connectivity index is 2.51. The van der Waals surface area contributed by atoms with Crippen LogP contribution in [0.3, 0.4) is 0 Å². The van der Waals surface area contributed by atoms with Crippen molar-refractivity contribution in [1.29, 1.82) is 0 Å².